The Bertz CT molecular complexity index is 585. The maximum atomic E-state index is 6.40. The number of nitrogens with zero attached hydrogens (tertiary/aromatic N) is 2. The Kier molecular flexibility index (Phi) is 3.53. The number of nitrogens with two attached hydrogens (primary N) is 1. The van der Waals surface area contributed by atoms with Crippen molar-refractivity contribution in [3.05, 3.63) is 53.3 Å². The van der Waals surface area contributed by atoms with E-state index < -0.39 is 0 Å². The van der Waals surface area contributed by atoms with Gasteiger partial charge < -0.3 is 5.73 Å². The highest BCUT2D eigenvalue weighted by Gasteiger charge is 2.27. The number of aryl methyl sites for hydroxylation is 2. The third kappa shape index (κ3) is 2.65. The predicted octanol–water partition coefficient (Wildman–Crippen LogP) is 2.89. The van der Waals surface area contributed by atoms with Crippen molar-refractivity contribution in [1.29, 1.82) is 0 Å². The monoisotopic (exact) mass is 271 g/mol. The van der Waals surface area contributed by atoms with Crippen LogP contribution in [0.1, 0.15) is 29.3 Å². The molecule has 0 radical (unpaired) electrons. The first-order valence-corrected chi connectivity index (χ1v) is 7.42. The Labute approximate surface area is 117 Å². The first-order valence-electron chi connectivity index (χ1n) is 6.54. The summed E-state index contributed by atoms with van der Waals surface area (Å²) >= 11 is 1.70. The van der Waals surface area contributed by atoms with Crippen molar-refractivity contribution in [2.24, 2.45) is 5.73 Å². The lowest BCUT2D eigenvalue weighted by Crippen LogP contribution is -2.29. The Morgan fingerprint density at radius 1 is 1.26 bits per heavy atom. The summed E-state index contributed by atoms with van der Waals surface area (Å²) in [5.74, 6) is 0. The minimum Gasteiger partial charge on any atom is -0.323 e. The van der Waals surface area contributed by atoms with Gasteiger partial charge >= 0.3 is 0 Å². The molecule has 0 amide bonds. The molecule has 2 unspecified atom stereocenters. The van der Waals surface area contributed by atoms with Crippen LogP contribution in [-0.2, 0) is 6.42 Å². The molecule has 2 atom stereocenters. The van der Waals surface area contributed by atoms with E-state index in [0.29, 0.717) is 5.25 Å². The van der Waals surface area contributed by atoms with Crippen LogP contribution >= 0.6 is 11.8 Å². The summed E-state index contributed by atoms with van der Waals surface area (Å²) in [5, 5.41) is 1.19. The molecule has 1 heterocycles. The number of fused-ring (bicyclic) bond motifs is 1. The average Bonchev–Trinajstić information content (AvgIpc) is 2.42. The molecule has 1 aliphatic carbocycles. The fourth-order valence-corrected chi connectivity index (χ4v) is 3.63. The minimum absolute atomic E-state index is 0.0686. The van der Waals surface area contributed by atoms with Crippen molar-refractivity contribution >= 4 is 11.8 Å². The summed E-state index contributed by atoms with van der Waals surface area (Å²) in [4.78, 5) is 8.77. The van der Waals surface area contributed by atoms with Gasteiger partial charge in [0.05, 0.1) is 0 Å². The molecule has 19 heavy (non-hydrogen) atoms. The summed E-state index contributed by atoms with van der Waals surface area (Å²) in [5.41, 5.74) is 10.1. The van der Waals surface area contributed by atoms with Crippen molar-refractivity contribution in [3.8, 4) is 0 Å². The fourth-order valence-electron chi connectivity index (χ4n) is 2.51. The van der Waals surface area contributed by atoms with E-state index in [4.69, 9.17) is 5.73 Å². The second kappa shape index (κ2) is 5.31. The molecule has 3 rings (SSSR count). The van der Waals surface area contributed by atoms with E-state index in [1.165, 1.54) is 11.1 Å². The third-order valence-electron chi connectivity index (χ3n) is 3.54. The summed E-state index contributed by atoms with van der Waals surface area (Å²) < 4.78 is 0. The molecule has 2 aromatic rings. The van der Waals surface area contributed by atoms with Crippen molar-refractivity contribution in [3.63, 3.8) is 0 Å². The summed E-state index contributed by atoms with van der Waals surface area (Å²) in [7, 11) is 0. The molecule has 4 heteroatoms. The molecule has 3 nitrogen and oxygen atoms in total. The van der Waals surface area contributed by atoms with E-state index in [1.807, 2.05) is 19.2 Å². The van der Waals surface area contributed by atoms with Gasteiger partial charge in [-0.1, -0.05) is 36.0 Å². The molecule has 0 saturated carbocycles. The summed E-state index contributed by atoms with van der Waals surface area (Å²) in [6.07, 6.45) is 3.99. The van der Waals surface area contributed by atoms with Gasteiger partial charge in [0.15, 0.2) is 5.16 Å². The second-order valence-electron chi connectivity index (χ2n) is 4.90. The fraction of sp³-hybridized carbons (Fsp3) is 0.333. The first kappa shape index (κ1) is 12.6. The van der Waals surface area contributed by atoms with Gasteiger partial charge in [-0.3, -0.25) is 0 Å². The number of rotatable bonds is 2. The molecule has 1 aliphatic rings. The van der Waals surface area contributed by atoms with Gasteiger partial charge in [-0.15, -0.1) is 0 Å². The highest BCUT2D eigenvalue weighted by Crippen LogP contribution is 2.37. The van der Waals surface area contributed by atoms with E-state index in [9.17, 15) is 0 Å². The number of benzene rings is 1. The van der Waals surface area contributed by atoms with Crippen LogP contribution in [0.5, 0.6) is 0 Å². The van der Waals surface area contributed by atoms with Gasteiger partial charge in [0, 0.05) is 23.2 Å². The van der Waals surface area contributed by atoms with Crippen LogP contribution in [0.25, 0.3) is 0 Å². The highest BCUT2D eigenvalue weighted by atomic mass is 32.2. The van der Waals surface area contributed by atoms with E-state index >= 15 is 0 Å². The van der Waals surface area contributed by atoms with E-state index in [2.05, 4.69) is 34.2 Å². The van der Waals surface area contributed by atoms with Crippen LogP contribution in [-0.4, -0.2) is 15.2 Å². The maximum Gasteiger partial charge on any atom is 0.188 e. The van der Waals surface area contributed by atoms with Gasteiger partial charge in [-0.2, -0.15) is 0 Å². The quantitative estimate of drug-likeness (QED) is 0.853. The van der Waals surface area contributed by atoms with Gasteiger partial charge in [0.25, 0.3) is 0 Å². The third-order valence-corrected chi connectivity index (χ3v) is 4.78. The van der Waals surface area contributed by atoms with Crippen molar-refractivity contribution in [2.45, 2.75) is 36.2 Å². The molecule has 0 saturated heterocycles. The normalized spacial score (nSPS) is 22.0. The lowest BCUT2D eigenvalue weighted by molar-refractivity contribution is 0.585. The molecular formula is C15H17N3S. The van der Waals surface area contributed by atoms with E-state index in [1.54, 1.807) is 11.8 Å². The summed E-state index contributed by atoms with van der Waals surface area (Å²) in [6, 6.07) is 10.5. The molecule has 0 spiro atoms. The van der Waals surface area contributed by atoms with Crippen molar-refractivity contribution in [2.75, 3.05) is 0 Å². The van der Waals surface area contributed by atoms with Gasteiger partial charge in [0.2, 0.25) is 0 Å². The number of thioether (sulfide) groups is 1. The zero-order valence-electron chi connectivity index (χ0n) is 10.9. The zero-order chi connectivity index (χ0) is 13.2. The Balaban J connectivity index is 1.81. The highest BCUT2D eigenvalue weighted by molar-refractivity contribution is 7.99. The zero-order valence-corrected chi connectivity index (χ0v) is 11.7. The van der Waals surface area contributed by atoms with Gasteiger partial charge in [-0.05, 0) is 37.0 Å². The van der Waals surface area contributed by atoms with E-state index in [-0.39, 0.29) is 6.04 Å². The van der Waals surface area contributed by atoms with Crippen LogP contribution in [0.4, 0.5) is 0 Å². The smallest absolute Gasteiger partial charge is 0.188 e. The summed E-state index contributed by atoms with van der Waals surface area (Å²) in [6.45, 7) is 1.99. The second-order valence-corrected chi connectivity index (χ2v) is 6.11. The molecule has 0 fully saturated rings. The standard InChI is InChI=1S/C15H17N3S/c1-10-8-9-17-15(18-10)19-13-7-6-11-4-2-3-5-12(11)14(13)16/h2-5,8-9,13-14H,6-7,16H2,1H3. The maximum absolute atomic E-state index is 6.40. The Hall–Kier alpha value is -1.39. The number of hydrogen-bond donors (Lipinski definition) is 1. The molecule has 98 valence electrons. The Morgan fingerprint density at radius 3 is 2.95 bits per heavy atom. The van der Waals surface area contributed by atoms with Gasteiger partial charge in [0.1, 0.15) is 0 Å². The molecule has 2 N–H and O–H groups in total. The molecule has 1 aromatic heterocycles. The van der Waals surface area contributed by atoms with Crippen LogP contribution in [0.15, 0.2) is 41.7 Å². The van der Waals surface area contributed by atoms with Crippen LogP contribution in [0.3, 0.4) is 0 Å². The largest absolute Gasteiger partial charge is 0.323 e. The minimum atomic E-state index is 0.0686. The predicted molar refractivity (Wildman–Crippen MR) is 78.1 cm³/mol. The van der Waals surface area contributed by atoms with Gasteiger partial charge in [-0.25, -0.2) is 9.97 Å². The van der Waals surface area contributed by atoms with Crippen molar-refractivity contribution in [1.82, 2.24) is 9.97 Å². The van der Waals surface area contributed by atoms with Crippen LogP contribution in [0.2, 0.25) is 0 Å². The van der Waals surface area contributed by atoms with Crippen LogP contribution in [0, 0.1) is 6.92 Å². The SMILES string of the molecule is Cc1ccnc(SC2CCc3ccccc3C2N)n1. The molecule has 0 aliphatic heterocycles. The van der Waals surface area contributed by atoms with E-state index in [0.717, 1.165) is 23.7 Å². The number of hydrogen-bond acceptors (Lipinski definition) is 4. The van der Waals surface area contributed by atoms with Crippen LogP contribution < -0.4 is 5.73 Å². The first-order chi connectivity index (χ1) is 9.24. The average molecular weight is 271 g/mol. The topological polar surface area (TPSA) is 51.8 Å². The number of aromatic nitrogens is 2. The Morgan fingerprint density at radius 2 is 2.11 bits per heavy atom. The van der Waals surface area contributed by atoms with Crippen molar-refractivity contribution < 1.29 is 0 Å². The molecular weight excluding hydrogens is 254 g/mol. The molecule has 1 aromatic carbocycles. The lowest BCUT2D eigenvalue weighted by Gasteiger charge is -2.30. The lowest BCUT2D eigenvalue weighted by atomic mass is 9.88. The molecule has 0 bridgehead atoms.